The topological polar surface area (TPSA) is 29.1 Å². The molecule has 0 unspecified atom stereocenters. The van der Waals surface area contributed by atoms with Gasteiger partial charge in [-0.2, -0.15) is 0 Å². The Morgan fingerprint density at radius 2 is 2.06 bits per heavy atom. The summed E-state index contributed by atoms with van der Waals surface area (Å²) < 4.78 is 0. The minimum absolute atomic E-state index is 0.104. The Kier molecular flexibility index (Phi) is 4.22. The van der Waals surface area contributed by atoms with Gasteiger partial charge in [0.25, 0.3) is 0 Å². The van der Waals surface area contributed by atoms with E-state index in [0.29, 0.717) is 5.02 Å². The van der Waals surface area contributed by atoms with Crippen LogP contribution in [0.1, 0.15) is 19.4 Å². The molecule has 0 radical (unpaired) electrons. The maximum atomic E-state index is 11.9. The number of carbonyl (C=O) groups excluding carboxylic acids is 1. The molecule has 0 bridgehead atoms. The first-order chi connectivity index (χ1) is 7.38. The molecule has 0 aliphatic heterocycles. The molecule has 2 nitrogen and oxygen atoms in total. The summed E-state index contributed by atoms with van der Waals surface area (Å²) in [5.41, 5.74) is 1.01. The molecule has 0 atom stereocenters. The Bertz CT molecular complexity index is 402. The van der Waals surface area contributed by atoms with E-state index in [1.807, 2.05) is 13.0 Å². The number of hydrogen-bond acceptors (Lipinski definition) is 1. The van der Waals surface area contributed by atoms with Gasteiger partial charge < -0.3 is 5.32 Å². The van der Waals surface area contributed by atoms with Gasteiger partial charge in [-0.25, -0.2) is 0 Å². The number of amides is 1. The average molecular weight is 260 g/mol. The molecule has 4 heteroatoms. The van der Waals surface area contributed by atoms with E-state index in [9.17, 15) is 4.79 Å². The predicted octanol–water partition coefficient (Wildman–Crippen LogP) is 3.85. The number of rotatable bonds is 3. The molecule has 1 aromatic carbocycles. The SMILES string of the molecule is Cc1c(Cl)cccc1NC(=O)C(C)(C)CCl. The Balaban J connectivity index is 2.90. The summed E-state index contributed by atoms with van der Waals surface area (Å²) in [6.45, 7) is 5.47. The van der Waals surface area contributed by atoms with E-state index in [4.69, 9.17) is 23.2 Å². The Labute approximate surface area is 106 Å². The lowest BCUT2D eigenvalue weighted by Crippen LogP contribution is -2.32. The first-order valence-electron chi connectivity index (χ1n) is 5.01. The van der Waals surface area contributed by atoms with Crippen molar-refractivity contribution >= 4 is 34.8 Å². The van der Waals surface area contributed by atoms with E-state index < -0.39 is 5.41 Å². The first-order valence-corrected chi connectivity index (χ1v) is 5.92. The normalized spacial score (nSPS) is 11.3. The van der Waals surface area contributed by atoms with Crippen LogP contribution < -0.4 is 5.32 Å². The highest BCUT2D eigenvalue weighted by molar-refractivity contribution is 6.31. The number of hydrogen-bond donors (Lipinski definition) is 1. The van der Waals surface area contributed by atoms with Crippen molar-refractivity contribution in [2.75, 3.05) is 11.2 Å². The molecule has 1 rings (SSSR count). The van der Waals surface area contributed by atoms with Crippen molar-refractivity contribution in [1.82, 2.24) is 0 Å². The van der Waals surface area contributed by atoms with Crippen molar-refractivity contribution in [3.05, 3.63) is 28.8 Å². The van der Waals surface area contributed by atoms with Crippen molar-refractivity contribution in [2.24, 2.45) is 5.41 Å². The minimum Gasteiger partial charge on any atom is -0.325 e. The molecular weight excluding hydrogens is 245 g/mol. The molecule has 0 fully saturated rings. The predicted molar refractivity (Wildman–Crippen MR) is 69.3 cm³/mol. The molecule has 0 aliphatic rings. The van der Waals surface area contributed by atoms with Gasteiger partial charge in [0.1, 0.15) is 0 Å². The largest absolute Gasteiger partial charge is 0.325 e. The summed E-state index contributed by atoms with van der Waals surface area (Å²) in [6.07, 6.45) is 0. The van der Waals surface area contributed by atoms with Gasteiger partial charge in [-0.05, 0) is 38.5 Å². The van der Waals surface area contributed by atoms with Crippen LogP contribution in [0.15, 0.2) is 18.2 Å². The standard InChI is InChI=1S/C12H15Cl2NO/c1-8-9(14)5-4-6-10(8)15-11(16)12(2,3)7-13/h4-6H,7H2,1-3H3,(H,15,16). The van der Waals surface area contributed by atoms with Gasteiger partial charge in [0.05, 0.1) is 5.41 Å². The average Bonchev–Trinajstić information content (AvgIpc) is 2.24. The molecule has 0 spiro atoms. The van der Waals surface area contributed by atoms with Gasteiger partial charge >= 0.3 is 0 Å². The zero-order chi connectivity index (χ0) is 12.3. The van der Waals surface area contributed by atoms with Crippen LogP contribution in [0.2, 0.25) is 5.02 Å². The van der Waals surface area contributed by atoms with Crippen LogP contribution >= 0.6 is 23.2 Å². The van der Waals surface area contributed by atoms with Crippen molar-refractivity contribution in [3.8, 4) is 0 Å². The highest BCUT2D eigenvalue weighted by Gasteiger charge is 2.26. The van der Waals surface area contributed by atoms with Gasteiger partial charge in [0.15, 0.2) is 0 Å². The molecule has 88 valence electrons. The zero-order valence-corrected chi connectivity index (χ0v) is 11.1. The number of nitrogens with one attached hydrogen (secondary N) is 1. The molecule has 1 N–H and O–H groups in total. The molecule has 1 aromatic rings. The lowest BCUT2D eigenvalue weighted by molar-refractivity contribution is -0.122. The summed E-state index contributed by atoms with van der Waals surface area (Å²) in [5, 5.41) is 3.47. The van der Waals surface area contributed by atoms with Gasteiger partial charge in [0, 0.05) is 16.6 Å². The van der Waals surface area contributed by atoms with Crippen LogP contribution in [-0.2, 0) is 4.79 Å². The van der Waals surface area contributed by atoms with E-state index in [0.717, 1.165) is 11.3 Å². The second kappa shape index (κ2) is 5.07. The van der Waals surface area contributed by atoms with E-state index in [2.05, 4.69) is 5.32 Å². The summed E-state index contributed by atoms with van der Waals surface area (Å²) in [6, 6.07) is 5.42. The Morgan fingerprint density at radius 3 is 2.62 bits per heavy atom. The molecule has 0 aliphatic carbocycles. The fraction of sp³-hybridized carbons (Fsp3) is 0.417. The molecule has 0 aromatic heterocycles. The Hall–Kier alpha value is -0.730. The van der Waals surface area contributed by atoms with Crippen LogP contribution in [0.5, 0.6) is 0 Å². The van der Waals surface area contributed by atoms with Crippen LogP contribution in [0.4, 0.5) is 5.69 Å². The molecule has 16 heavy (non-hydrogen) atoms. The summed E-state index contributed by atoms with van der Waals surface area (Å²) in [7, 11) is 0. The van der Waals surface area contributed by atoms with Crippen molar-refractivity contribution in [1.29, 1.82) is 0 Å². The second-order valence-corrected chi connectivity index (χ2v) is 5.06. The van der Waals surface area contributed by atoms with E-state index in [1.165, 1.54) is 0 Å². The first kappa shape index (κ1) is 13.3. The molecule has 1 amide bonds. The summed E-state index contributed by atoms with van der Waals surface area (Å²) in [4.78, 5) is 11.9. The van der Waals surface area contributed by atoms with Gasteiger partial charge in [-0.15, -0.1) is 11.6 Å². The maximum Gasteiger partial charge on any atom is 0.231 e. The summed E-state index contributed by atoms with van der Waals surface area (Å²) in [5.74, 6) is 0.172. The number of halogens is 2. The monoisotopic (exact) mass is 259 g/mol. The molecule has 0 saturated carbocycles. The van der Waals surface area contributed by atoms with Crippen LogP contribution in [-0.4, -0.2) is 11.8 Å². The van der Waals surface area contributed by atoms with E-state index in [1.54, 1.807) is 26.0 Å². The van der Waals surface area contributed by atoms with E-state index >= 15 is 0 Å². The fourth-order valence-corrected chi connectivity index (χ4v) is 1.39. The van der Waals surface area contributed by atoms with Crippen LogP contribution in [0, 0.1) is 12.3 Å². The zero-order valence-electron chi connectivity index (χ0n) is 9.60. The van der Waals surface area contributed by atoms with E-state index in [-0.39, 0.29) is 11.8 Å². The van der Waals surface area contributed by atoms with Crippen molar-refractivity contribution in [3.63, 3.8) is 0 Å². The Morgan fingerprint density at radius 1 is 1.44 bits per heavy atom. The van der Waals surface area contributed by atoms with Gasteiger partial charge in [-0.1, -0.05) is 17.7 Å². The smallest absolute Gasteiger partial charge is 0.231 e. The number of carbonyl (C=O) groups is 1. The van der Waals surface area contributed by atoms with Gasteiger partial charge in [-0.3, -0.25) is 4.79 Å². The van der Waals surface area contributed by atoms with Crippen LogP contribution in [0.3, 0.4) is 0 Å². The molecule has 0 heterocycles. The van der Waals surface area contributed by atoms with Crippen molar-refractivity contribution < 1.29 is 4.79 Å². The van der Waals surface area contributed by atoms with Crippen molar-refractivity contribution in [2.45, 2.75) is 20.8 Å². The fourth-order valence-electron chi connectivity index (χ4n) is 1.10. The lowest BCUT2D eigenvalue weighted by atomic mass is 9.95. The quantitative estimate of drug-likeness (QED) is 0.821. The molecule has 0 saturated heterocycles. The van der Waals surface area contributed by atoms with Gasteiger partial charge in [0.2, 0.25) is 5.91 Å². The lowest BCUT2D eigenvalue weighted by Gasteiger charge is -2.21. The molecular formula is C12H15Cl2NO. The van der Waals surface area contributed by atoms with Crippen LogP contribution in [0.25, 0.3) is 0 Å². The second-order valence-electron chi connectivity index (χ2n) is 4.38. The highest BCUT2D eigenvalue weighted by Crippen LogP contribution is 2.25. The number of benzene rings is 1. The third kappa shape index (κ3) is 2.89. The maximum absolute atomic E-state index is 11.9. The number of alkyl halides is 1. The summed E-state index contributed by atoms with van der Waals surface area (Å²) >= 11 is 11.7. The third-order valence-corrected chi connectivity index (χ3v) is 3.54. The highest BCUT2D eigenvalue weighted by atomic mass is 35.5. The minimum atomic E-state index is -0.587. The number of anilines is 1. The third-order valence-electron chi connectivity index (χ3n) is 2.46.